The number of amides is 1. The molecule has 2 heterocycles. The summed E-state index contributed by atoms with van der Waals surface area (Å²) in [6.45, 7) is 3.82. The van der Waals surface area contributed by atoms with Crippen LogP contribution in [0.2, 0.25) is 0 Å². The van der Waals surface area contributed by atoms with Crippen molar-refractivity contribution >= 4 is 28.2 Å². The van der Waals surface area contributed by atoms with E-state index in [4.69, 9.17) is 10.5 Å². The highest BCUT2D eigenvalue weighted by atomic mass is 16.5. The number of rotatable bonds is 4. The molecule has 8 nitrogen and oxygen atoms in total. The first-order chi connectivity index (χ1) is 14.0. The Balaban J connectivity index is 1.45. The van der Waals surface area contributed by atoms with Gasteiger partial charge in [-0.25, -0.2) is 4.98 Å². The molecule has 1 aromatic heterocycles. The minimum absolute atomic E-state index is 0.162. The molecule has 2 aromatic carbocycles. The van der Waals surface area contributed by atoms with Crippen LogP contribution in [0.15, 0.2) is 47.3 Å². The molecule has 29 heavy (non-hydrogen) atoms. The Morgan fingerprint density at radius 2 is 2.17 bits per heavy atom. The van der Waals surface area contributed by atoms with Gasteiger partial charge in [0.05, 0.1) is 24.1 Å². The number of carbonyl (C=O) groups is 1. The Morgan fingerprint density at radius 3 is 3.03 bits per heavy atom. The Morgan fingerprint density at radius 1 is 1.34 bits per heavy atom. The van der Waals surface area contributed by atoms with Gasteiger partial charge in [0.2, 0.25) is 0 Å². The van der Waals surface area contributed by atoms with Gasteiger partial charge in [-0.05, 0) is 36.8 Å². The Bertz CT molecular complexity index is 1110. The number of benzene rings is 2. The van der Waals surface area contributed by atoms with Crippen LogP contribution in [0.5, 0.6) is 0 Å². The van der Waals surface area contributed by atoms with Crippen molar-refractivity contribution < 1.29 is 9.53 Å². The predicted molar refractivity (Wildman–Crippen MR) is 112 cm³/mol. The molecule has 8 heteroatoms. The molecule has 4 N–H and O–H groups in total. The molecular formula is C21H23N5O3. The fraction of sp³-hybridized carbons (Fsp3) is 0.286. The quantitative estimate of drug-likeness (QED) is 0.581. The maximum absolute atomic E-state index is 12.7. The number of nitrogens with one attached hydrogen (secondary N) is 2. The minimum Gasteiger partial charge on any atom is -0.399 e. The van der Waals surface area contributed by atoms with Crippen molar-refractivity contribution in [3.05, 3.63) is 64.2 Å². The molecule has 1 fully saturated rings. The van der Waals surface area contributed by atoms with Crippen molar-refractivity contribution in [3.63, 3.8) is 0 Å². The standard InChI is InChI=1S/C21H23N5O3/c1-13-6-7-14(22)10-17(13)24-21(28)18-11-26(8-9-29-18)12-19-23-16-5-3-2-4-15(16)20(27)25-19/h2-7,10,18H,8-9,11-12,22H2,1H3,(H,24,28)(H,23,25,27). The number of aromatic nitrogens is 2. The maximum atomic E-state index is 12.7. The number of fused-ring (bicyclic) bond motifs is 1. The number of nitrogen functional groups attached to an aromatic ring is 1. The van der Waals surface area contributed by atoms with Crippen LogP contribution in [0.4, 0.5) is 11.4 Å². The number of H-pyrrole nitrogens is 1. The van der Waals surface area contributed by atoms with E-state index < -0.39 is 6.10 Å². The summed E-state index contributed by atoms with van der Waals surface area (Å²) < 4.78 is 5.67. The smallest absolute Gasteiger partial charge is 0.258 e. The number of aromatic amines is 1. The molecule has 1 aliphatic heterocycles. The highest BCUT2D eigenvalue weighted by Crippen LogP contribution is 2.19. The van der Waals surface area contributed by atoms with Gasteiger partial charge in [-0.2, -0.15) is 0 Å². The molecule has 1 aliphatic rings. The van der Waals surface area contributed by atoms with Crippen LogP contribution in [-0.4, -0.2) is 46.6 Å². The lowest BCUT2D eigenvalue weighted by molar-refractivity contribution is -0.133. The van der Waals surface area contributed by atoms with E-state index in [1.807, 2.05) is 36.1 Å². The summed E-state index contributed by atoms with van der Waals surface area (Å²) in [6.07, 6.45) is -0.614. The molecule has 0 bridgehead atoms. The monoisotopic (exact) mass is 393 g/mol. The van der Waals surface area contributed by atoms with Crippen molar-refractivity contribution in [1.29, 1.82) is 0 Å². The molecular weight excluding hydrogens is 370 g/mol. The zero-order chi connectivity index (χ0) is 20.4. The largest absolute Gasteiger partial charge is 0.399 e. The van der Waals surface area contributed by atoms with Gasteiger partial charge in [0.15, 0.2) is 0 Å². The van der Waals surface area contributed by atoms with E-state index in [0.717, 1.165) is 5.56 Å². The molecule has 1 saturated heterocycles. The first kappa shape index (κ1) is 19.1. The zero-order valence-electron chi connectivity index (χ0n) is 16.1. The van der Waals surface area contributed by atoms with Crippen molar-refractivity contribution in [2.75, 3.05) is 30.7 Å². The van der Waals surface area contributed by atoms with E-state index in [2.05, 4.69) is 15.3 Å². The second-order valence-electron chi connectivity index (χ2n) is 7.19. The number of anilines is 2. The predicted octanol–water partition coefficient (Wildman–Crippen LogP) is 1.65. The average Bonchev–Trinajstić information content (AvgIpc) is 2.71. The van der Waals surface area contributed by atoms with Crippen molar-refractivity contribution in [3.8, 4) is 0 Å². The number of aryl methyl sites for hydroxylation is 1. The lowest BCUT2D eigenvalue weighted by Gasteiger charge is -2.31. The second kappa shape index (κ2) is 8.02. The lowest BCUT2D eigenvalue weighted by atomic mass is 10.1. The minimum atomic E-state index is -0.614. The molecule has 1 atom stereocenters. The number of morpholine rings is 1. The number of nitrogens with zero attached hydrogens (tertiary/aromatic N) is 2. The zero-order valence-corrected chi connectivity index (χ0v) is 16.1. The summed E-state index contributed by atoms with van der Waals surface area (Å²) in [5.74, 6) is 0.352. The second-order valence-corrected chi connectivity index (χ2v) is 7.19. The summed E-state index contributed by atoms with van der Waals surface area (Å²) in [6, 6.07) is 12.6. The fourth-order valence-corrected chi connectivity index (χ4v) is 3.41. The molecule has 0 radical (unpaired) electrons. The van der Waals surface area contributed by atoms with Crippen LogP contribution >= 0.6 is 0 Å². The number of hydrogen-bond donors (Lipinski definition) is 3. The van der Waals surface area contributed by atoms with Gasteiger partial charge >= 0.3 is 0 Å². The first-order valence-corrected chi connectivity index (χ1v) is 9.48. The van der Waals surface area contributed by atoms with Crippen LogP contribution in [0.1, 0.15) is 11.4 Å². The van der Waals surface area contributed by atoms with E-state index in [0.29, 0.717) is 54.3 Å². The van der Waals surface area contributed by atoms with Gasteiger partial charge in [0.1, 0.15) is 11.9 Å². The number of ether oxygens (including phenoxy) is 1. The van der Waals surface area contributed by atoms with Crippen LogP contribution in [0, 0.1) is 6.92 Å². The van der Waals surface area contributed by atoms with E-state index in [1.54, 1.807) is 18.2 Å². The van der Waals surface area contributed by atoms with Crippen LogP contribution in [-0.2, 0) is 16.1 Å². The van der Waals surface area contributed by atoms with Crippen molar-refractivity contribution in [2.24, 2.45) is 0 Å². The first-order valence-electron chi connectivity index (χ1n) is 9.48. The maximum Gasteiger partial charge on any atom is 0.258 e. The number of hydrogen-bond acceptors (Lipinski definition) is 6. The van der Waals surface area contributed by atoms with Gasteiger partial charge in [0.25, 0.3) is 11.5 Å². The molecule has 0 saturated carbocycles. The normalized spacial score (nSPS) is 17.3. The summed E-state index contributed by atoms with van der Waals surface area (Å²) in [4.78, 5) is 34.4. The topological polar surface area (TPSA) is 113 Å². The van der Waals surface area contributed by atoms with E-state index >= 15 is 0 Å². The number of nitrogens with two attached hydrogens (primary N) is 1. The highest BCUT2D eigenvalue weighted by Gasteiger charge is 2.27. The number of para-hydroxylation sites is 1. The van der Waals surface area contributed by atoms with Gasteiger partial charge in [-0.3, -0.25) is 14.5 Å². The third-order valence-electron chi connectivity index (χ3n) is 5.00. The van der Waals surface area contributed by atoms with Crippen LogP contribution in [0.25, 0.3) is 10.9 Å². The fourth-order valence-electron chi connectivity index (χ4n) is 3.41. The number of carbonyl (C=O) groups excluding carboxylic acids is 1. The summed E-state index contributed by atoms with van der Waals surface area (Å²) >= 11 is 0. The van der Waals surface area contributed by atoms with Crippen molar-refractivity contribution in [2.45, 2.75) is 19.6 Å². The third-order valence-corrected chi connectivity index (χ3v) is 5.00. The highest BCUT2D eigenvalue weighted by molar-refractivity contribution is 5.95. The molecule has 4 rings (SSSR count). The Labute approximate surface area is 167 Å². The lowest BCUT2D eigenvalue weighted by Crippen LogP contribution is -2.47. The molecule has 3 aromatic rings. The Kier molecular flexibility index (Phi) is 5.28. The molecule has 1 unspecified atom stereocenters. The van der Waals surface area contributed by atoms with Crippen LogP contribution < -0.4 is 16.6 Å². The Hall–Kier alpha value is -3.23. The van der Waals surface area contributed by atoms with Crippen LogP contribution in [0.3, 0.4) is 0 Å². The van der Waals surface area contributed by atoms with Crippen molar-refractivity contribution in [1.82, 2.24) is 14.9 Å². The van der Waals surface area contributed by atoms with Gasteiger partial charge < -0.3 is 20.8 Å². The SMILES string of the molecule is Cc1ccc(N)cc1NC(=O)C1CN(Cc2nc3ccccc3c(=O)[nH]2)CCO1. The molecule has 0 aliphatic carbocycles. The van der Waals surface area contributed by atoms with E-state index in [1.165, 1.54) is 0 Å². The molecule has 150 valence electrons. The van der Waals surface area contributed by atoms with Gasteiger partial charge in [-0.15, -0.1) is 0 Å². The summed E-state index contributed by atoms with van der Waals surface area (Å²) in [7, 11) is 0. The van der Waals surface area contributed by atoms with E-state index in [9.17, 15) is 9.59 Å². The van der Waals surface area contributed by atoms with Gasteiger partial charge in [-0.1, -0.05) is 18.2 Å². The summed E-state index contributed by atoms with van der Waals surface area (Å²) in [5, 5.41) is 3.46. The summed E-state index contributed by atoms with van der Waals surface area (Å²) in [5.41, 5.74) is 8.50. The third kappa shape index (κ3) is 4.28. The molecule has 1 amide bonds. The molecule has 0 spiro atoms. The average molecular weight is 393 g/mol. The van der Waals surface area contributed by atoms with Gasteiger partial charge in [0, 0.05) is 24.5 Å². The van der Waals surface area contributed by atoms with E-state index in [-0.39, 0.29) is 11.5 Å².